The van der Waals surface area contributed by atoms with Crippen LogP contribution in [0.1, 0.15) is 33.8 Å². The van der Waals surface area contributed by atoms with Crippen LogP contribution >= 0.6 is 11.8 Å². The summed E-state index contributed by atoms with van der Waals surface area (Å²) < 4.78 is 7.60. The maximum absolute atomic E-state index is 12.9. The van der Waals surface area contributed by atoms with Gasteiger partial charge in [-0.25, -0.2) is 0 Å². The first-order valence-electron chi connectivity index (χ1n) is 9.43. The molecule has 1 aliphatic heterocycles. The van der Waals surface area contributed by atoms with Gasteiger partial charge in [-0.05, 0) is 73.5 Å². The van der Waals surface area contributed by atoms with Gasteiger partial charge >= 0.3 is 0 Å². The number of hydrogen-bond acceptors (Lipinski definition) is 4. The molecule has 0 aliphatic carbocycles. The summed E-state index contributed by atoms with van der Waals surface area (Å²) in [6.45, 7) is 6.95. The molecule has 0 spiro atoms. The predicted molar refractivity (Wildman–Crippen MR) is 114 cm³/mol. The lowest BCUT2D eigenvalue weighted by molar-refractivity contribution is -0.123. The van der Waals surface area contributed by atoms with Crippen molar-refractivity contribution < 1.29 is 14.0 Å². The molecule has 3 heterocycles. The van der Waals surface area contributed by atoms with E-state index in [-0.39, 0.29) is 11.1 Å². The van der Waals surface area contributed by atoms with Gasteiger partial charge in [0.15, 0.2) is 0 Å². The van der Waals surface area contributed by atoms with E-state index in [1.54, 1.807) is 6.26 Å². The molecule has 0 atom stereocenters. The molecule has 6 heteroatoms. The zero-order valence-electron chi connectivity index (χ0n) is 16.6. The molecule has 4 rings (SSSR count). The van der Waals surface area contributed by atoms with Gasteiger partial charge in [0.1, 0.15) is 5.76 Å². The molecule has 1 aliphatic rings. The summed E-state index contributed by atoms with van der Waals surface area (Å²) in [5.74, 6) is 0.635. The summed E-state index contributed by atoms with van der Waals surface area (Å²) in [7, 11) is 0. The summed E-state index contributed by atoms with van der Waals surface area (Å²) in [5, 5.41) is -0.228. The van der Waals surface area contributed by atoms with Crippen LogP contribution in [-0.4, -0.2) is 20.6 Å². The Morgan fingerprint density at radius 2 is 1.83 bits per heavy atom. The van der Waals surface area contributed by atoms with Crippen LogP contribution in [0.5, 0.6) is 0 Å². The average Bonchev–Trinajstić information content (AvgIpc) is 3.36. The summed E-state index contributed by atoms with van der Waals surface area (Å²) in [4.78, 5) is 27.1. The van der Waals surface area contributed by atoms with E-state index in [1.807, 2.05) is 69.3 Å². The number of imide groups is 1. The van der Waals surface area contributed by atoms with Crippen LogP contribution in [0, 0.1) is 20.8 Å². The predicted octanol–water partition coefficient (Wildman–Crippen LogP) is 5.29. The maximum atomic E-state index is 12.9. The number of furan rings is 1. The lowest BCUT2D eigenvalue weighted by Gasteiger charge is -2.14. The summed E-state index contributed by atoms with van der Waals surface area (Å²) >= 11 is 1.00. The topological polar surface area (TPSA) is 55.5 Å². The van der Waals surface area contributed by atoms with Crippen molar-refractivity contribution in [3.05, 3.63) is 87.5 Å². The second-order valence-electron chi connectivity index (χ2n) is 7.19. The van der Waals surface area contributed by atoms with Gasteiger partial charge < -0.3 is 8.98 Å². The normalized spacial score (nSPS) is 15.7. The van der Waals surface area contributed by atoms with Crippen LogP contribution < -0.4 is 0 Å². The van der Waals surface area contributed by atoms with E-state index in [0.717, 1.165) is 45.6 Å². The summed E-state index contributed by atoms with van der Waals surface area (Å²) in [6.07, 6.45) is 3.48. The molecule has 2 amide bonds. The van der Waals surface area contributed by atoms with Gasteiger partial charge in [-0.15, -0.1) is 0 Å². The van der Waals surface area contributed by atoms with Crippen LogP contribution in [0.2, 0.25) is 0 Å². The fourth-order valence-electron chi connectivity index (χ4n) is 3.51. The highest BCUT2D eigenvalue weighted by atomic mass is 32.2. The van der Waals surface area contributed by atoms with Crippen molar-refractivity contribution in [3.8, 4) is 0 Å². The van der Waals surface area contributed by atoms with Crippen LogP contribution in [0.4, 0.5) is 4.79 Å². The zero-order chi connectivity index (χ0) is 20.5. The number of thioether (sulfide) groups is 1. The van der Waals surface area contributed by atoms with Crippen molar-refractivity contribution in [1.29, 1.82) is 0 Å². The third-order valence-corrected chi connectivity index (χ3v) is 6.16. The standard InChI is InChI=1S/C23H22N2O3S/c1-15-7-4-5-8-18(15)13-25-22(26)21(29-23(25)27)12-19-11-16(2)24(17(19)3)14-20-9-6-10-28-20/h4-12H,13-14H2,1-3H3/b21-12-. The van der Waals surface area contributed by atoms with Crippen molar-refractivity contribution in [2.45, 2.75) is 33.9 Å². The number of aryl methyl sites for hydroxylation is 2. The zero-order valence-corrected chi connectivity index (χ0v) is 17.5. The smallest absolute Gasteiger partial charge is 0.293 e. The minimum absolute atomic E-state index is 0.228. The average molecular weight is 407 g/mol. The van der Waals surface area contributed by atoms with E-state index in [1.165, 1.54) is 4.90 Å². The minimum Gasteiger partial charge on any atom is -0.467 e. The fraction of sp³-hybridized carbons (Fsp3) is 0.217. The molecule has 5 nitrogen and oxygen atoms in total. The first-order valence-corrected chi connectivity index (χ1v) is 10.2. The monoisotopic (exact) mass is 406 g/mol. The number of rotatable bonds is 5. The lowest BCUT2D eigenvalue weighted by atomic mass is 10.1. The third kappa shape index (κ3) is 3.80. The highest BCUT2D eigenvalue weighted by molar-refractivity contribution is 8.18. The van der Waals surface area contributed by atoms with Crippen LogP contribution in [0.25, 0.3) is 6.08 Å². The van der Waals surface area contributed by atoms with Crippen LogP contribution in [-0.2, 0) is 17.9 Å². The molecule has 0 bridgehead atoms. The van der Waals surface area contributed by atoms with Crippen molar-refractivity contribution in [2.24, 2.45) is 0 Å². The van der Waals surface area contributed by atoms with E-state index < -0.39 is 0 Å². The molecule has 0 unspecified atom stereocenters. The van der Waals surface area contributed by atoms with E-state index in [0.29, 0.717) is 18.0 Å². The molecule has 0 radical (unpaired) electrons. The van der Waals surface area contributed by atoms with Crippen molar-refractivity contribution in [1.82, 2.24) is 9.47 Å². The number of carbonyl (C=O) groups is 2. The highest BCUT2D eigenvalue weighted by Crippen LogP contribution is 2.34. The van der Waals surface area contributed by atoms with Gasteiger partial charge in [-0.1, -0.05) is 24.3 Å². The summed E-state index contributed by atoms with van der Waals surface area (Å²) in [5.41, 5.74) is 5.09. The Labute approximate surface area is 174 Å². The minimum atomic E-state index is -0.237. The van der Waals surface area contributed by atoms with Gasteiger partial charge in [-0.3, -0.25) is 14.5 Å². The molecule has 148 valence electrons. The first kappa shape index (κ1) is 19.3. The third-order valence-electron chi connectivity index (χ3n) is 5.26. The molecule has 2 aromatic heterocycles. The lowest BCUT2D eigenvalue weighted by Crippen LogP contribution is -2.27. The number of hydrogen-bond donors (Lipinski definition) is 0. The number of carbonyl (C=O) groups excluding carboxylic acids is 2. The Hall–Kier alpha value is -2.99. The number of benzene rings is 1. The van der Waals surface area contributed by atoms with E-state index in [4.69, 9.17) is 4.42 Å². The van der Waals surface area contributed by atoms with Crippen LogP contribution in [0.3, 0.4) is 0 Å². The Bertz CT molecular complexity index is 1110. The van der Waals surface area contributed by atoms with E-state index >= 15 is 0 Å². The molecule has 1 saturated heterocycles. The molecular formula is C23H22N2O3S. The molecule has 3 aromatic rings. The molecule has 1 fully saturated rings. The first-order chi connectivity index (χ1) is 13.9. The quantitative estimate of drug-likeness (QED) is 0.540. The highest BCUT2D eigenvalue weighted by Gasteiger charge is 2.35. The summed E-state index contributed by atoms with van der Waals surface area (Å²) in [6, 6.07) is 13.6. The van der Waals surface area contributed by atoms with Gasteiger partial charge in [-0.2, -0.15) is 0 Å². The van der Waals surface area contributed by atoms with Gasteiger partial charge in [0.25, 0.3) is 11.1 Å². The molecule has 29 heavy (non-hydrogen) atoms. The Morgan fingerprint density at radius 3 is 2.55 bits per heavy atom. The Kier molecular flexibility index (Phi) is 5.20. The Balaban J connectivity index is 1.58. The van der Waals surface area contributed by atoms with Crippen molar-refractivity contribution >= 4 is 29.0 Å². The van der Waals surface area contributed by atoms with Crippen molar-refractivity contribution in [3.63, 3.8) is 0 Å². The fourth-order valence-corrected chi connectivity index (χ4v) is 4.34. The SMILES string of the molecule is Cc1ccccc1CN1C(=O)S/C(=C\c2cc(C)n(Cc3ccco3)c2C)C1=O. The molecule has 0 saturated carbocycles. The number of amides is 2. The van der Waals surface area contributed by atoms with Gasteiger partial charge in [0.05, 0.1) is 24.3 Å². The van der Waals surface area contributed by atoms with E-state index in [9.17, 15) is 9.59 Å². The molecule has 0 N–H and O–H groups in total. The van der Waals surface area contributed by atoms with Crippen molar-refractivity contribution in [2.75, 3.05) is 0 Å². The largest absolute Gasteiger partial charge is 0.467 e. The van der Waals surface area contributed by atoms with Gasteiger partial charge in [0.2, 0.25) is 0 Å². The maximum Gasteiger partial charge on any atom is 0.293 e. The molecule has 1 aromatic carbocycles. The van der Waals surface area contributed by atoms with E-state index in [2.05, 4.69) is 4.57 Å². The van der Waals surface area contributed by atoms with Gasteiger partial charge in [0, 0.05) is 11.4 Å². The van der Waals surface area contributed by atoms with Crippen LogP contribution in [0.15, 0.2) is 58.1 Å². The Morgan fingerprint density at radius 1 is 1.03 bits per heavy atom. The molecular weight excluding hydrogens is 384 g/mol. The number of aromatic nitrogens is 1. The number of nitrogens with zero attached hydrogens (tertiary/aromatic N) is 2. The second kappa shape index (κ2) is 7.79. The second-order valence-corrected chi connectivity index (χ2v) is 8.18.